The van der Waals surface area contributed by atoms with E-state index < -0.39 is 5.97 Å². The number of carbonyl (C=O) groups is 2. The highest BCUT2D eigenvalue weighted by Crippen LogP contribution is 2.38. The Kier molecular flexibility index (Phi) is 7.37. The molecule has 37 heavy (non-hydrogen) atoms. The van der Waals surface area contributed by atoms with Crippen molar-refractivity contribution in [1.82, 2.24) is 4.90 Å². The highest BCUT2D eigenvalue weighted by Gasteiger charge is 2.22. The molecular weight excluding hydrogens is 486 g/mol. The first-order valence-electron chi connectivity index (χ1n) is 12.3. The molecule has 7 nitrogen and oxygen atoms in total. The van der Waals surface area contributed by atoms with Crippen molar-refractivity contribution in [1.29, 1.82) is 0 Å². The first-order chi connectivity index (χ1) is 18.0. The number of rotatable bonds is 9. The second-order valence-electron chi connectivity index (χ2n) is 9.07. The van der Waals surface area contributed by atoms with E-state index >= 15 is 0 Å². The van der Waals surface area contributed by atoms with Crippen molar-refractivity contribution >= 4 is 46.7 Å². The van der Waals surface area contributed by atoms with Crippen LogP contribution in [0.1, 0.15) is 21.7 Å². The topological polar surface area (TPSA) is 77.2 Å². The Hall–Kier alpha value is -3.91. The van der Waals surface area contributed by atoms with E-state index in [9.17, 15) is 14.7 Å². The van der Waals surface area contributed by atoms with Crippen LogP contribution in [0.4, 0.5) is 11.4 Å². The lowest BCUT2D eigenvalue weighted by molar-refractivity contribution is -0.118. The fourth-order valence-electron chi connectivity index (χ4n) is 4.69. The number of para-hydroxylation sites is 2. The minimum atomic E-state index is -1.06. The number of aryl methyl sites for hydroxylation is 1. The van der Waals surface area contributed by atoms with E-state index in [0.717, 1.165) is 54.1 Å². The van der Waals surface area contributed by atoms with Crippen LogP contribution in [0.2, 0.25) is 0 Å². The quantitative estimate of drug-likeness (QED) is 0.234. The first-order valence-corrected chi connectivity index (χ1v) is 13.1. The lowest BCUT2D eigenvalue weighted by Gasteiger charge is -2.37. The van der Waals surface area contributed by atoms with Gasteiger partial charge in [0.15, 0.2) is 0 Å². The van der Waals surface area contributed by atoms with E-state index in [-0.39, 0.29) is 5.76 Å². The number of fused-ring (bicyclic) bond motifs is 1. The maximum Gasteiger partial charge on any atom is 0.372 e. The molecule has 0 radical (unpaired) electrons. The van der Waals surface area contributed by atoms with Crippen LogP contribution in [0.5, 0.6) is 0 Å². The summed E-state index contributed by atoms with van der Waals surface area (Å²) >= 11 is 1.64. The molecule has 0 atom stereocenters. The molecule has 3 aromatic carbocycles. The van der Waals surface area contributed by atoms with Crippen molar-refractivity contribution in [2.24, 2.45) is 0 Å². The van der Waals surface area contributed by atoms with Gasteiger partial charge in [0.1, 0.15) is 5.58 Å². The standard InChI is InChI=1S/C29H29N3O4S/c1-21-24-19-23(11-12-27(24)36-28(21)29(34)35)37-32(14-13-22-7-3-2-4-8-22)26-10-6-5-9-25(26)31-17-15-30(20-33)16-18-31/h2-12,19-20H,13-18H2,1H3,(H,34,35). The van der Waals surface area contributed by atoms with Gasteiger partial charge in [-0.15, -0.1) is 0 Å². The van der Waals surface area contributed by atoms with Crippen LogP contribution in [0.15, 0.2) is 82.1 Å². The van der Waals surface area contributed by atoms with E-state index in [1.54, 1.807) is 18.9 Å². The summed E-state index contributed by atoms with van der Waals surface area (Å²) in [4.78, 5) is 27.9. The van der Waals surface area contributed by atoms with Gasteiger partial charge >= 0.3 is 5.97 Å². The summed E-state index contributed by atoms with van der Waals surface area (Å²) in [7, 11) is 0. The van der Waals surface area contributed by atoms with Crippen molar-refractivity contribution in [2.45, 2.75) is 18.2 Å². The molecule has 1 aliphatic heterocycles. The zero-order valence-corrected chi connectivity index (χ0v) is 21.5. The van der Waals surface area contributed by atoms with Crippen LogP contribution in [0, 0.1) is 6.92 Å². The monoisotopic (exact) mass is 515 g/mol. The molecule has 0 spiro atoms. The number of nitrogens with zero attached hydrogens (tertiary/aromatic N) is 3. The second kappa shape index (κ2) is 11.0. The predicted octanol–water partition coefficient (Wildman–Crippen LogP) is 5.47. The molecular formula is C29H29N3O4S. The third-order valence-corrected chi connectivity index (χ3v) is 7.78. The van der Waals surface area contributed by atoms with Crippen molar-refractivity contribution in [3.63, 3.8) is 0 Å². The number of hydrogen-bond donors (Lipinski definition) is 1. The van der Waals surface area contributed by atoms with Gasteiger partial charge in [-0.05, 0) is 61.2 Å². The minimum Gasteiger partial charge on any atom is -0.475 e. The second-order valence-corrected chi connectivity index (χ2v) is 10.2. The molecule has 1 saturated heterocycles. The molecule has 0 aliphatic carbocycles. The Morgan fingerprint density at radius 3 is 2.49 bits per heavy atom. The SMILES string of the molecule is Cc1c(C(=O)O)oc2ccc(SN(CCc3ccccc3)c3ccccc3N3CCN(C=O)CC3)cc12. The molecule has 0 unspecified atom stereocenters. The zero-order valence-electron chi connectivity index (χ0n) is 20.7. The number of carboxylic acid groups (broad SMARTS) is 1. The Morgan fingerprint density at radius 2 is 1.76 bits per heavy atom. The Bertz CT molecular complexity index is 1400. The van der Waals surface area contributed by atoms with Gasteiger partial charge in [-0.25, -0.2) is 4.79 Å². The van der Waals surface area contributed by atoms with Crippen LogP contribution >= 0.6 is 11.9 Å². The fraction of sp³-hybridized carbons (Fsp3) is 0.241. The molecule has 4 aromatic rings. The summed E-state index contributed by atoms with van der Waals surface area (Å²) in [5.74, 6) is -1.08. The molecule has 1 N–H and O–H groups in total. The van der Waals surface area contributed by atoms with Crippen LogP contribution in [-0.4, -0.2) is 55.1 Å². The molecule has 1 aromatic heterocycles. The van der Waals surface area contributed by atoms with Gasteiger partial charge in [0, 0.05) is 48.6 Å². The smallest absolute Gasteiger partial charge is 0.372 e. The average Bonchev–Trinajstić information content (AvgIpc) is 3.27. The van der Waals surface area contributed by atoms with Crippen LogP contribution in [0.25, 0.3) is 11.0 Å². The molecule has 0 saturated carbocycles. The highest BCUT2D eigenvalue weighted by atomic mass is 32.2. The number of anilines is 2. The van der Waals surface area contributed by atoms with Gasteiger partial charge in [-0.2, -0.15) is 0 Å². The summed E-state index contributed by atoms with van der Waals surface area (Å²) in [6, 6.07) is 24.6. The van der Waals surface area contributed by atoms with Gasteiger partial charge in [0.2, 0.25) is 12.2 Å². The number of aromatic carboxylic acids is 1. The molecule has 190 valence electrons. The zero-order chi connectivity index (χ0) is 25.8. The Labute approximate surface area is 220 Å². The van der Waals surface area contributed by atoms with Gasteiger partial charge in [0.25, 0.3) is 0 Å². The lowest BCUT2D eigenvalue weighted by Crippen LogP contribution is -2.46. The van der Waals surface area contributed by atoms with E-state index in [4.69, 9.17) is 4.42 Å². The fourth-order valence-corrected chi connectivity index (χ4v) is 5.68. The average molecular weight is 516 g/mol. The summed E-state index contributed by atoms with van der Waals surface area (Å²) in [5, 5.41) is 10.3. The van der Waals surface area contributed by atoms with Crippen molar-refractivity contribution < 1.29 is 19.1 Å². The van der Waals surface area contributed by atoms with Crippen LogP contribution in [0.3, 0.4) is 0 Å². The van der Waals surface area contributed by atoms with Crippen molar-refractivity contribution in [2.75, 3.05) is 41.9 Å². The normalized spacial score (nSPS) is 13.6. The molecule has 1 aliphatic rings. The van der Waals surface area contributed by atoms with Gasteiger partial charge in [-0.3, -0.25) is 4.79 Å². The van der Waals surface area contributed by atoms with Gasteiger partial charge < -0.3 is 23.6 Å². The number of hydrogen-bond acceptors (Lipinski definition) is 6. The molecule has 1 amide bonds. The first kappa shape index (κ1) is 24.8. The largest absolute Gasteiger partial charge is 0.475 e. The molecule has 2 heterocycles. The van der Waals surface area contributed by atoms with Crippen LogP contribution < -0.4 is 9.21 Å². The van der Waals surface area contributed by atoms with Gasteiger partial charge in [-0.1, -0.05) is 42.5 Å². The van der Waals surface area contributed by atoms with Crippen LogP contribution in [-0.2, 0) is 11.2 Å². The van der Waals surface area contributed by atoms with E-state index in [0.29, 0.717) is 24.2 Å². The molecule has 5 rings (SSSR count). The Balaban J connectivity index is 1.47. The highest BCUT2D eigenvalue weighted by molar-refractivity contribution is 8.00. The van der Waals surface area contributed by atoms with Crippen molar-refractivity contribution in [3.05, 3.63) is 89.7 Å². The number of piperazine rings is 1. The number of amides is 1. The van der Waals surface area contributed by atoms with E-state index in [1.165, 1.54) is 5.56 Å². The lowest BCUT2D eigenvalue weighted by atomic mass is 10.1. The minimum absolute atomic E-state index is 0.0158. The molecule has 8 heteroatoms. The summed E-state index contributed by atoms with van der Waals surface area (Å²) in [5.41, 5.74) is 4.72. The third kappa shape index (κ3) is 5.44. The summed E-state index contributed by atoms with van der Waals surface area (Å²) in [6.45, 7) is 5.54. The number of carbonyl (C=O) groups excluding carboxylic acids is 1. The summed E-state index contributed by atoms with van der Waals surface area (Å²) < 4.78 is 7.88. The maximum absolute atomic E-state index is 11.6. The van der Waals surface area contributed by atoms with Crippen molar-refractivity contribution in [3.8, 4) is 0 Å². The summed E-state index contributed by atoms with van der Waals surface area (Å²) in [6.07, 6.45) is 1.80. The van der Waals surface area contributed by atoms with E-state index in [2.05, 4.69) is 57.7 Å². The number of benzene rings is 3. The maximum atomic E-state index is 11.6. The third-order valence-electron chi connectivity index (χ3n) is 6.72. The predicted molar refractivity (Wildman–Crippen MR) is 148 cm³/mol. The Morgan fingerprint density at radius 1 is 1.03 bits per heavy atom. The van der Waals surface area contributed by atoms with Gasteiger partial charge in [0.05, 0.1) is 11.4 Å². The van der Waals surface area contributed by atoms with E-state index in [1.807, 2.05) is 29.2 Å². The molecule has 1 fully saturated rings. The molecule has 0 bridgehead atoms. The number of furan rings is 1. The number of carboxylic acids is 1.